The molecule has 2 aliphatic rings. The van der Waals surface area contributed by atoms with E-state index >= 15 is 0 Å². The minimum atomic E-state index is -0.407. The van der Waals surface area contributed by atoms with Gasteiger partial charge >= 0.3 is 11.9 Å². The number of carbonyl (C=O) groups excluding carboxylic acids is 3. The molecule has 0 aromatic heterocycles. The lowest BCUT2D eigenvalue weighted by molar-refractivity contribution is -0.146. The van der Waals surface area contributed by atoms with Crippen LogP contribution in [0.25, 0.3) is 0 Å². The van der Waals surface area contributed by atoms with E-state index in [4.69, 9.17) is 19.7 Å². The number of alkyl halides is 3. The molecule has 0 saturated carbocycles. The minimum absolute atomic E-state index is 0.0162. The van der Waals surface area contributed by atoms with Gasteiger partial charge in [0.05, 0.1) is 17.5 Å². The molecule has 0 aromatic carbocycles. The minimum Gasteiger partial charge on any atom is -0.457 e. The molecule has 4 atom stereocenters. The second-order valence-corrected chi connectivity index (χ2v) is 7.76. The zero-order valence-electron chi connectivity index (χ0n) is 14.1. The number of aliphatic hydroxyl groups excluding tert-OH is 2. The maximum absolute atomic E-state index is 10.9. The number of rotatable bonds is 5. The van der Waals surface area contributed by atoms with Gasteiger partial charge in [0.2, 0.25) is 4.69 Å². The van der Waals surface area contributed by atoms with Crippen molar-refractivity contribution < 1.29 is 34.1 Å². The Balaban J connectivity index is 0.000000463. The molecule has 154 valence electrons. The van der Waals surface area contributed by atoms with Crippen LogP contribution in [0.4, 0.5) is 0 Å². The Morgan fingerprint density at radius 1 is 0.778 bits per heavy atom. The molecular formula is C16H20Br4O7. The summed E-state index contributed by atoms with van der Waals surface area (Å²) in [6.07, 6.45) is 6.24. The average Bonchev–Trinajstić information content (AvgIpc) is 3.23. The van der Waals surface area contributed by atoms with Crippen molar-refractivity contribution in [2.45, 2.75) is 37.3 Å². The van der Waals surface area contributed by atoms with Gasteiger partial charge in [-0.3, -0.25) is 14.4 Å². The van der Waals surface area contributed by atoms with Gasteiger partial charge in [0.25, 0.3) is 0 Å². The largest absolute Gasteiger partial charge is 0.457 e. The first-order valence-electron chi connectivity index (χ1n) is 7.69. The zero-order valence-corrected chi connectivity index (χ0v) is 20.4. The van der Waals surface area contributed by atoms with Crippen LogP contribution in [0, 0.1) is 0 Å². The fourth-order valence-corrected chi connectivity index (χ4v) is 2.13. The summed E-state index contributed by atoms with van der Waals surface area (Å²) in [5, 5.41) is 18.0. The molecule has 7 nitrogen and oxygen atoms in total. The lowest BCUT2D eigenvalue weighted by Gasteiger charge is -2.12. The third-order valence-electron chi connectivity index (χ3n) is 2.93. The summed E-state index contributed by atoms with van der Waals surface area (Å²) in [6.45, 7) is 0. The summed E-state index contributed by atoms with van der Waals surface area (Å²) in [7, 11) is 0. The summed E-state index contributed by atoms with van der Waals surface area (Å²) >= 11 is 11.6. The molecule has 0 radical (unpaired) electrons. The highest BCUT2D eigenvalue weighted by molar-refractivity contribution is 9.19. The summed E-state index contributed by atoms with van der Waals surface area (Å²) in [5.74, 6) is -0.644. The Labute approximate surface area is 191 Å². The van der Waals surface area contributed by atoms with Crippen molar-refractivity contribution in [3.8, 4) is 0 Å². The van der Waals surface area contributed by atoms with Gasteiger partial charge in [0.1, 0.15) is 22.9 Å². The zero-order chi connectivity index (χ0) is 20.8. The van der Waals surface area contributed by atoms with E-state index in [0.717, 1.165) is 0 Å². The van der Waals surface area contributed by atoms with E-state index in [1.54, 1.807) is 24.3 Å². The highest BCUT2D eigenvalue weighted by Gasteiger charge is 2.24. The first-order valence-corrected chi connectivity index (χ1v) is 11.9. The normalized spacial score (nSPS) is 25.0. The van der Waals surface area contributed by atoms with E-state index in [1.165, 1.54) is 0 Å². The molecule has 11 heteroatoms. The topological polar surface area (TPSA) is 110 Å². The molecule has 0 saturated heterocycles. The van der Waals surface area contributed by atoms with Crippen LogP contribution in [0.2, 0.25) is 0 Å². The van der Waals surface area contributed by atoms with Crippen molar-refractivity contribution in [3.63, 3.8) is 0 Å². The second-order valence-electron chi connectivity index (χ2n) is 5.19. The van der Waals surface area contributed by atoms with E-state index < -0.39 is 12.2 Å². The molecule has 0 heterocycles. The van der Waals surface area contributed by atoms with E-state index in [-0.39, 0.29) is 39.5 Å². The molecule has 0 spiro atoms. The van der Waals surface area contributed by atoms with Crippen LogP contribution in [0.15, 0.2) is 24.3 Å². The van der Waals surface area contributed by atoms with E-state index in [2.05, 4.69) is 63.7 Å². The number of esters is 2. The standard InChI is InChI=1S/C9H10Br2O4.C5H8O2.C2H2Br2O/c10-4-8(12)14-6-1-2-7(3-6)15-9(13)5-11;6-4-1-2-5(7)3-4;3-1-2(4)5/h1-2,6-7H,3-5H2;1-2,4-7H,3H2;1H2/t6-,7+;4-,5+;. The molecule has 0 aromatic rings. The van der Waals surface area contributed by atoms with E-state index in [0.29, 0.717) is 18.2 Å². The molecule has 2 rings (SSSR count). The average molecular weight is 644 g/mol. The van der Waals surface area contributed by atoms with Gasteiger partial charge in [-0.1, -0.05) is 59.9 Å². The Morgan fingerprint density at radius 3 is 1.37 bits per heavy atom. The number of ether oxygens (including phenoxy) is 2. The quantitative estimate of drug-likeness (QED) is 0.205. The van der Waals surface area contributed by atoms with Crippen LogP contribution < -0.4 is 0 Å². The third-order valence-corrected chi connectivity index (χ3v) is 5.39. The molecule has 0 aliphatic heterocycles. The van der Waals surface area contributed by atoms with Crippen LogP contribution in [0.1, 0.15) is 12.8 Å². The van der Waals surface area contributed by atoms with E-state index in [1.807, 2.05) is 0 Å². The molecule has 2 N–H and O–H groups in total. The van der Waals surface area contributed by atoms with Crippen LogP contribution in [0.3, 0.4) is 0 Å². The summed E-state index contributed by atoms with van der Waals surface area (Å²) in [4.78, 5) is 31.6. The van der Waals surface area contributed by atoms with Gasteiger partial charge in [0, 0.05) is 12.8 Å². The summed E-state index contributed by atoms with van der Waals surface area (Å²) < 4.78 is 10.0. The highest BCUT2D eigenvalue weighted by Crippen LogP contribution is 2.18. The SMILES string of the molecule is O=C(Br)CBr.O=C(CBr)O[C@@H]1C=C[C@H](OC(=O)CBr)C1.O[C@@H]1C=C[C@H](O)C1. The maximum atomic E-state index is 10.9. The van der Waals surface area contributed by atoms with Gasteiger partial charge in [-0.05, 0) is 28.1 Å². The van der Waals surface area contributed by atoms with Crippen molar-refractivity contribution >= 4 is 80.4 Å². The van der Waals surface area contributed by atoms with Crippen molar-refractivity contribution in [1.29, 1.82) is 0 Å². The number of hydrogen-bond acceptors (Lipinski definition) is 7. The van der Waals surface area contributed by atoms with Gasteiger partial charge in [-0.25, -0.2) is 0 Å². The number of hydrogen-bond donors (Lipinski definition) is 2. The number of halogens is 4. The predicted octanol–water partition coefficient (Wildman–Crippen LogP) is 2.53. The molecule has 0 bridgehead atoms. The van der Waals surface area contributed by atoms with Crippen LogP contribution in [-0.4, -0.2) is 67.3 Å². The smallest absolute Gasteiger partial charge is 0.317 e. The van der Waals surface area contributed by atoms with Crippen molar-refractivity contribution in [2.24, 2.45) is 0 Å². The first kappa shape index (κ1) is 26.9. The Bertz CT molecular complexity index is 503. The predicted molar refractivity (Wildman–Crippen MR) is 115 cm³/mol. The molecule has 0 amide bonds. The van der Waals surface area contributed by atoms with Crippen molar-refractivity contribution in [3.05, 3.63) is 24.3 Å². The van der Waals surface area contributed by atoms with Gasteiger partial charge in [-0.15, -0.1) is 0 Å². The molecule has 0 unspecified atom stereocenters. The van der Waals surface area contributed by atoms with Crippen LogP contribution in [0.5, 0.6) is 0 Å². The number of carbonyl (C=O) groups is 3. The molecule has 2 aliphatic carbocycles. The Morgan fingerprint density at radius 2 is 1.15 bits per heavy atom. The van der Waals surface area contributed by atoms with Crippen molar-refractivity contribution in [1.82, 2.24) is 0 Å². The van der Waals surface area contributed by atoms with Gasteiger partial charge < -0.3 is 19.7 Å². The Hall–Kier alpha value is -0.0700. The van der Waals surface area contributed by atoms with Crippen molar-refractivity contribution in [2.75, 3.05) is 16.0 Å². The van der Waals surface area contributed by atoms with Crippen LogP contribution >= 0.6 is 63.7 Å². The molecular weight excluding hydrogens is 624 g/mol. The first-order chi connectivity index (χ1) is 12.7. The fraction of sp³-hybridized carbons (Fsp3) is 0.562. The van der Waals surface area contributed by atoms with E-state index in [9.17, 15) is 14.4 Å². The van der Waals surface area contributed by atoms with Crippen LogP contribution in [-0.2, 0) is 23.9 Å². The monoisotopic (exact) mass is 640 g/mol. The lowest BCUT2D eigenvalue weighted by atomic mass is 10.3. The van der Waals surface area contributed by atoms with Gasteiger partial charge in [0.15, 0.2) is 0 Å². The fourth-order valence-electron chi connectivity index (χ4n) is 1.87. The Kier molecular flexibility index (Phi) is 15.8. The second kappa shape index (κ2) is 15.8. The summed E-state index contributed by atoms with van der Waals surface area (Å²) in [5.41, 5.74) is 0. The maximum Gasteiger partial charge on any atom is 0.317 e. The lowest BCUT2D eigenvalue weighted by Crippen LogP contribution is -2.20. The molecule has 27 heavy (non-hydrogen) atoms. The summed E-state index contributed by atoms with van der Waals surface area (Å²) in [6, 6.07) is 0. The molecule has 0 fully saturated rings. The highest BCUT2D eigenvalue weighted by atomic mass is 79.9. The van der Waals surface area contributed by atoms with Gasteiger partial charge in [-0.2, -0.15) is 0 Å². The number of aliphatic hydroxyl groups is 2. The third kappa shape index (κ3) is 14.6.